The molecule has 1 fully saturated rings. The third-order valence-electron chi connectivity index (χ3n) is 3.68. The predicted octanol–water partition coefficient (Wildman–Crippen LogP) is 3.22. The van der Waals surface area contributed by atoms with Gasteiger partial charge in [0, 0.05) is 19.3 Å². The number of nitrogens with one attached hydrogen (secondary N) is 1. The molecule has 1 aromatic heterocycles. The Morgan fingerprint density at radius 3 is 2.84 bits per heavy atom. The van der Waals surface area contributed by atoms with Crippen LogP contribution in [0.25, 0.3) is 0 Å². The Hall–Kier alpha value is -0.930. The van der Waals surface area contributed by atoms with Gasteiger partial charge >= 0.3 is 0 Å². The number of hydrogen-bond acceptors (Lipinski definition) is 3. The maximum atomic E-state index is 5.90. The van der Waals surface area contributed by atoms with Crippen molar-refractivity contribution in [1.29, 1.82) is 0 Å². The molecule has 0 spiro atoms. The molecule has 3 heteroatoms. The van der Waals surface area contributed by atoms with Gasteiger partial charge in [-0.15, -0.1) is 0 Å². The Labute approximate surface area is 116 Å². The van der Waals surface area contributed by atoms with E-state index in [2.05, 4.69) is 29.4 Å². The van der Waals surface area contributed by atoms with Crippen molar-refractivity contribution in [2.75, 3.05) is 13.2 Å². The van der Waals surface area contributed by atoms with Gasteiger partial charge in [0.05, 0.1) is 11.8 Å². The van der Waals surface area contributed by atoms with Gasteiger partial charge in [-0.1, -0.05) is 25.3 Å². The number of pyridine rings is 1. The van der Waals surface area contributed by atoms with Crippen molar-refractivity contribution in [1.82, 2.24) is 10.3 Å². The lowest BCUT2D eigenvalue weighted by Gasteiger charge is -2.21. The first-order valence-electron chi connectivity index (χ1n) is 7.58. The van der Waals surface area contributed by atoms with Crippen molar-refractivity contribution in [2.45, 2.75) is 58.1 Å². The molecule has 0 amide bonds. The number of nitrogens with zero attached hydrogens (tertiary/aromatic N) is 1. The first-order chi connectivity index (χ1) is 9.34. The van der Waals surface area contributed by atoms with E-state index in [4.69, 9.17) is 4.74 Å². The fraction of sp³-hybridized carbons (Fsp3) is 0.688. The van der Waals surface area contributed by atoms with E-state index in [0.29, 0.717) is 6.10 Å². The van der Waals surface area contributed by atoms with Crippen LogP contribution >= 0.6 is 0 Å². The molecule has 1 heterocycles. The molecule has 0 bridgehead atoms. The highest BCUT2D eigenvalue weighted by atomic mass is 16.5. The third kappa shape index (κ3) is 5.70. The van der Waals surface area contributed by atoms with E-state index < -0.39 is 0 Å². The van der Waals surface area contributed by atoms with Crippen molar-refractivity contribution in [3.63, 3.8) is 0 Å². The summed E-state index contributed by atoms with van der Waals surface area (Å²) in [5, 5.41) is 3.42. The van der Waals surface area contributed by atoms with E-state index >= 15 is 0 Å². The van der Waals surface area contributed by atoms with Gasteiger partial charge < -0.3 is 10.1 Å². The van der Waals surface area contributed by atoms with E-state index in [9.17, 15) is 0 Å². The fourth-order valence-corrected chi connectivity index (χ4v) is 2.50. The molecule has 0 saturated heterocycles. The smallest absolute Gasteiger partial charge is 0.0575 e. The average molecular weight is 262 g/mol. The Bertz CT molecular complexity index is 344. The standard InChI is InChI=1S/C16H26N2O/c1-14-8-9-15(18-12-14)13-17-10-5-11-19-16-6-3-2-4-7-16/h8-9,12,16-17H,2-7,10-11,13H2,1H3. The van der Waals surface area contributed by atoms with Crippen molar-refractivity contribution in [3.05, 3.63) is 29.6 Å². The molecular formula is C16H26N2O. The highest BCUT2D eigenvalue weighted by molar-refractivity contribution is 5.11. The molecule has 106 valence electrons. The Kier molecular flexibility index (Phi) is 6.31. The summed E-state index contributed by atoms with van der Waals surface area (Å²) in [5.74, 6) is 0. The van der Waals surface area contributed by atoms with E-state index in [1.165, 1.54) is 37.7 Å². The van der Waals surface area contributed by atoms with Crippen LogP contribution in [0, 0.1) is 6.92 Å². The maximum absolute atomic E-state index is 5.90. The topological polar surface area (TPSA) is 34.1 Å². The van der Waals surface area contributed by atoms with Gasteiger partial charge in [0.1, 0.15) is 0 Å². The zero-order chi connectivity index (χ0) is 13.3. The Balaban J connectivity index is 1.49. The SMILES string of the molecule is Cc1ccc(CNCCCOC2CCCCC2)nc1. The fourth-order valence-electron chi connectivity index (χ4n) is 2.50. The molecule has 1 aliphatic rings. The summed E-state index contributed by atoms with van der Waals surface area (Å²) in [6.45, 7) is 4.80. The Morgan fingerprint density at radius 2 is 2.11 bits per heavy atom. The van der Waals surface area contributed by atoms with Crippen LogP contribution in [0.5, 0.6) is 0 Å². The lowest BCUT2D eigenvalue weighted by Crippen LogP contribution is -2.21. The predicted molar refractivity (Wildman–Crippen MR) is 78.1 cm³/mol. The van der Waals surface area contributed by atoms with Crippen LogP contribution in [0.3, 0.4) is 0 Å². The van der Waals surface area contributed by atoms with Gasteiger partial charge in [-0.2, -0.15) is 0 Å². The summed E-state index contributed by atoms with van der Waals surface area (Å²) < 4.78 is 5.90. The molecular weight excluding hydrogens is 236 g/mol. The van der Waals surface area contributed by atoms with E-state index in [1.54, 1.807) is 0 Å². The van der Waals surface area contributed by atoms with Crippen LogP contribution in [-0.2, 0) is 11.3 Å². The number of rotatable bonds is 7. The molecule has 1 N–H and O–H groups in total. The summed E-state index contributed by atoms with van der Waals surface area (Å²) in [6.07, 6.45) is 10.2. The first-order valence-corrected chi connectivity index (χ1v) is 7.58. The second-order valence-corrected chi connectivity index (χ2v) is 5.49. The molecule has 0 aromatic carbocycles. The highest BCUT2D eigenvalue weighted by Gasteiger charge is 2.12. The summed E-state index contributed by atoms with van der Waals surface area (Å²) in [7, 11) is 0. The summed E-state index contributed by atoms with van der Waals surface area (Å²) in [6, 6.07) is 4.19. The van der Waals surface area contributed by atoms with E-state index in [-0.39, 0.29) is 0 Å². The Morgan fingerprint density at radius 1 is 1.26 bits per heavy atom. The number of hydrogen-bond donors (Lipinski definition) is 1. The van der Waals surface area contributed by atoms with Crippen LogP contribution in [0.15, 0.2) is 18.3 Å². The molecule has 3 nitrogen and oxygen atoms in total. The zero-order valence-electron chi connectivity index (χ0n) is 12.0. The summed E-state index contributed by atoms with van der Waals surface area (Å²) in [4.78, 5) is 4.38. The second-order valence-electron chi connectivity index (χ2n) is 5.49. The van der Waals surface area contributed by atoms with E-state index in [1.807, 2.05) is 6.20 Å². The molecule has 0 unspecified atom stereocenters. The van der Waals surface area contributed by atoms with Crippen molar-refractivity contribution >= 4 is 0 Å². The van der Waals surface area contributed by atoms with Gasteiger partial charge in [0.2, 0.25) is 0 Å². The van der Waals surface area contributed by atoms with Crippen LogP contribution in [0.2, 0.25) is 0 Å². The van der Waals surface area contributed by atoms with Crippen LogP contribution in [0.4, 0.5) is 0 Å². The molecule has 1 aromatic rings. The van der Waals surface area contributed by atoms with Gasteiger partial charge in [-0.05, 0) is 44.4 Å². The van der Waals surface area contributed by atoms with Crippen LogP contribution in [0.1, 0.15) is 49.8 Å². The lowest BCUT2D eigenvalue weighted by molar-refractivity contribution is 0.0273. The maximum Gasteiger partial charge on any atom is 0.0575 e. The second kappa shape index (κ2) is 8.28. The third-order valence-corrected chi connectivity index (χ3v) is 3.68. The average Bonchev–Trinajstić information content (AvgIpc) is 2.46. The first kappa shape index (κ1) is 14.5. The zero-order valence-corrected chi connectivity index (χ0v) is 12.0. The van der Waals surface area contributed by atoms with Gasteiger partial charge in [-0.25, -0.2) is 0 Å². The van der Waals surface area contributed by atoms with E-state index in [0.717, 1.165) is 31.8 Å². The number of aromatic nitrogens is 1. The summed E-state index contributed by atoms with van der Waals surface area (Å²) in [5.41, 5.74) is 2.32. The highest BCUT2D eigenvalue weighted by Crippen LogP contribution is 2.20. The van der Waals surface area contributed by atoms with Gasteiger partial charge in [0.25, 0.3) is 0 Å². The molecule has 19 heavy (non-hydrogen) atoms. The molecule has 1 saturated carbocycles. The summed E-state index contributed by atoms with van der Waals surface area (Å²) >= 11 is 0. The molecule has 0 radical (unpaired) electrons. The minimum absolute atomic E-state index is 0.535. The molecule has 0 aliphatic heterocycles. The lowest BCUT2D eigenvalue weighted by atomic mass is 9.98. The number of aryl methyl sites for hydroxylation is 1. The molecule has 2 rings (SSSR count). The normalized spacial score (nSPS) is 16.7. The minimum atomic E-state index is 0.535. The van der Waals surface area contributed by atoms with Crippen molar-refractivity contribution in [3.8, 4) is 0 Å². The largest absolute Gasteiger partial charge is 0.378 e. The number of ether oxygens (including phenoxy) is 1. The minimum Gasteiger partial charge on any atom is -0.378 e. The van der Waals surface area contributed by atoms with Crippen LogP contribution < -0.4 is 5.32 Å². The van der Waals surface area contributed by atoms with Crippen molar-refractivity contribution < 1.29 is 4.74 Å². The van der Waals surface area contributed by atoms with Gasteiger partial charge in [0.15, 0.2) is 0 Å². The quantitative estimate of drug-likeness (QED) is 0.766. The van der Waals surface area contributed by atoms with Crippen molar-refractivity contribution in [2.24, 2.45) is 0 Å². The van der Waals surface area contributed by atoms with Gasteiger partial charge in [-0.3, -0.25) is 4.98 Å². The molecule has 0 atom stereocenters. The molecule has 1 aliphatic carbocycles. The van der Waals surface area contributed by atoms with Crippen LogP contribution in [-0.4, -0.2) is 24.2 Å². The monoisotopic (exact) mass is 262 g/mol.